The summed E-state index contributed by atoms with van der Waals surface area (Å²) in [5.74, 6) is -0.0258. The van der Waals surface area contributed by atoms with Crippen LogP contribution in [0, 0.1) is 10.1 Å². The Morgan fingerprint density at radius 2 is 2.14 bits per heavy atom. The number of non-ortho nitro benzene ring substituents is 1. The number of aliphatic imine (C=N–C) groups is 1. The number of likely N-dealkylation sites (N-methyl/N-ethyl adjacent to an activating group) is 1. The van der Waals surface area contributed by atoms with Crippen molar-refractivity contribution in [3.63, 3.8) is 0 Å². The lowest BCUT2D eigenvalue weighted by Gasteiger charge is -2.15. The molecule has 0 aliphatic heterocycles. The second-order valence-corrected chi connectivity index (χ2v) is 4.94. The van der Waals surface area contributed by atoms with Gasteiger partial charge >= 0.3 is 0 Å². The summed E-state index contributed by atoms with van der Waals surface area (Å²) in [6.45, 7) is 7.58. The number of rotatable bonds is 7. The molecule has 7 nitrogen and oxygen atoms in total. The average molecular weight is 304 g/mol. The van der Waals surface area contributed by atoms with E-state index in [4.69, 9.17) is 0 Å². The fraction of sp³-hybridized carbons (Fsp3) is 0.400. The van der Waals surface area contributed by atoms with Gasteiger partial charge in [-0.2, -0.15) is 0 Å². The standard InChI is InChI=1S/C15H20N4O3/c1-3-18(4-2)8-7-16-10-13-12-9-11(19(21)22)5-6-14(12)17-15(13)20/h5-6,9-10,17,20H,3-4,7-8H2,1-2H3. The van der Waals surface area contributed by atoms with Crippen LogP contribution >= 0.6 is 0 Å². The number of hydrogen-bond donors (Lipinski definition) is 2. The minimum atomic E-state index is -0.454. The molecule has 0 bridgehead atoms. The van der Waals surface area contributed by atoms with Gasteiger partial charge in [-0.15, -0.1) is 0 Å². The van der Waals surface area contributed by atoms with Gasteiger partial charge in [0.15, 0.2) is 5.88 Å². The number of aromatic hydroxyl groups is 1. The molecule has 1 aromatic carbocycles. The van der Waals surface area contributed by atoms with E-state index >= 15 is 0 Å². The Hall–Kier alpha value is -2.41. The first kappa shape index (κ1) is 16.0. The van der Waals surface area contributed by atoms with Crippen molar-refractivity contribution >= 4 is 22.8 Å². The van der Waals surface area contributed by atoms with Gasteiger partial charge in [0.05, 0.1) is 17.0 Å². The van der Waals surface area contributed by atoms with Crippen LogP contribution in [0.15, 0.2) is 23.2 Å². The molecule has 0 saturated carbocycles. The van der Waals surface area contributed by atoms with Gasteiger partial charge in [0.2, 0.25) is 0 Å². The molecule has 1 heterocycles. The lowest BCUT2D eigenvalue weighted by Crippen LogP contribution is -2.25. The first-order chi connectivity index (χ1) is 10.6. The number of benzene rings is 1. The van der Waals surface area contributed by atoms with E-state index in [1.54, 1.807) is 12.3 Å². The highest BCUT2D eigenvalue weighted by Crippen LogP contribution is 2.28. The summed E-state index contributed by atoms with van der Waals surface area (Å²) in [5, 5.41) is 21.4. The van der Waals surface area contributed by atoms with E-state index in [-0.39, 0.29) is 11.6 Å². The van der Waals surface area contributed by atoms with Gasteiger partial charge in [0, 0.05) is 35.8 Å². The second-order valence-electron chi connectivity index (χ2n) is 4.94. The van der Waals surface area contributed by atoms with Crippen LogP contribution in [0.5, 0.6) is 5.88 Å². The number of fused-ring (bicyclic) bond motifs is 1. The molecule has 2 aromatic rings. The number of H-pyrrole nitrogens is 1. The molecule has 1 aromatic heterocycles. The Morgan fingerprint density at radius 1 is 1.41 bits per heavy atom. The van der Waals surface area contributed by atoms with Crippen molar-refractivity contribution in [3.8, 4) is 5.88 Å². The molecule has 7 heteroatoms. The van der Waals surface area contributed by atoms with Gasteiger partial charge in [-0.1, -0.05) is 13.8 Å². The first-order valence-corrected chi connectivity index (χ1v) is 7.28. The maximum atomic E-state index is 10.9. The molecule has 0 aliphatic rings. The zero-order chi connectivity index (χ0) is 16.1. The molecule has 22 heavy (non-hydrogen) atoms. The third-order valence-corrected chi connectivity index (χ3v) is 3.67. The number of hydrogen-bond acceptors (Lipinski definition) is 5. The molecule has 118 valence electrons. The molecule has 0 saturated heterocycles. The van der Waals surface area contributed by atoms with E-state index < -0.39 is 4.92 Å². The lowest BCUT2D eigenvalue weighted by atomic mass is 10.1. The second kappa shape index (κ2) is 7.04. The summed E-state index contributed by atoms with van der Waals surface area (Å²) in [6, 6.07) is 4.43. The monoisotopic (exact) mass is 304 g/mol. The van der Waals surface area contributed by atoms with Crippen molar-refractivity contribution in [1.29, 1.82) is 0 Å². The zero-order valence-electron chi connectivity index (χ0n) is 12.7. The van der Waals surface area contributed by atoms with Crippen LogP contribution in [-0.2, 0) is 0 Å². The van der Waals surface area contributed by atoms with Crippen LogP contribution in [0.1, 0.15) is 19.4 Å². The van der Waals surface area contributed by atoms with Crippen LogP contribution in [0.2, 0.25) is 0 Å². The highest BCUT2D eigenvalue weighted by molar-refractivity contribution is 6.02. The lowest BCUT2D eigenvalue weighted by molar-refractivity contribution is -0.384. The number of aromatic amines is 1. The summed E-state index contributed by atoms with van der Waals surface area (Å²) in [5.41, 5.74) is 1.12. The summed E-state index contributed by atoms with van der Waals surface area (Å²) >= 11 is 0. The number of nitro groups is 1. The minimum absolute atomic E-state index is 0.00992. The summed E-state index contributed by atoms with van der Waals surface area (Å²) in [6.07, 6.45) is 1.57. The Morgan fingerprint density at radius 3 is 2.77 bits per heavy atom. The van der Waals surface area contributed by atoms with E-state index in [0.717, 1.165) is 19.6 Å². The fourth-order valence-electron chi connectivity index (χ4n) is 2.33. The van der Waals surface area contributed by atoms with Crippen molar-refractivity contribution in [2.45, 2.75) is 13.8 Å². The van der Waals surface area contributed by atoms with E-state index in [1.165, 1.54) is 12.1 Å². The largest absolute Gasteiger partial charge is 0.494 e. The Bertz CT molecular complexity index is 689. The van der Waals surface area contributed by atoms with E-state index in [0.29, 0.717) is 23.0 Å². The molecular formula is C15H20N4O3. The summed E-state index contributed by atoms with van der Waals surface area (Å²) < 4.78 is 0. The quantitative estimate of drug-likeness (QED) is 0.467. The summed E-state index contributed by atoms with van der Waals surface area (Å²) in [7, 11) is 0. The average Bonchev–Trinajstić information content (AvgIpc) is 2.82. The number of nitro benzene ring substituents is 1. The Balaban J connectivity index is 2.21. The molecule has 0 spiro atoms. The Labute approximate surface area is 128 Å². The van der Waals surface area contributed by atoms with E-state index in [2.05, 4.69) is 28.7 Å². The molecule has 0 amide bonds. The van der Waals surface area contributed by atoms with Crippen LogP contribution in [0.4, 0.5) is 5.69 Å². The number of nitrogens with zero attached hydrogens (tertiary/aromatic N) is 3. The predicted molar refractivity (Wildman–Crippen MR) is 86.9 cm³/mol. The highest BCUT2D eigenvalue weighted by atomic mass is 16.6. The molecule has 0 unspecified atom stereocenters. The smallest absolute Gasteiger partial charge is 0.270 e. The van der Waals surface area contributed by atoms with E-state index in [9.17, 15) is 15.2 Å². The van der Waals surface area contributed by atoms with Crippen molar-refractivity contribution in [2.24, 2.45) is 4.99 Å². The molecule has 0 atom stereocenters. The van der Waals surface area contributed by atoms with Gasteiger partial charge < -0.3 is 15.0 Å². The minimum Gasteiger partial charge on any atom is -0.494 e. The van der Waals surface area contributed by atoms with Crippen molar-refractivity contribution in [1.82, 2.24) is 9.88 Å². The zero-order valence-corrected chi connectivity index (χ0v) is 12.7. The van der Waals surface area contributed by atoms with Crippen LogP contribution in [0.3, 0.4) is 0 Å². The van der Waals surface area contributed by atoms with Crippen molar-refractivity contribution < 1.29 is 10.0 Å². The molecule has 2 N–H and O–H groups in total. The molecule has 0 radical (unpaired) electrons. The fourth-order valence-corrected chi connectivity index (χ4v) is 2.33. The molecular weight excluding hydrogens is 284 g/mol. The van der Waals surface area contributed by atoms with Gasteiger partial charge in [-0.05, 0) is 19.2 Å². The SMILES string of the molecule is CCN(CC)CCN=Cc1c(O)[nH]c2ccc([N+](=O)[O-])cc12. The summed E-state index contributed by atoms with van der Waals surface area (Å²) in [4.78, 5) is 19.8. The number of aromatic nitrogens is 1. The topological polar surface area (TPSA) is 94.8 Å². The van der Waals surface area contributed by atoms with Crippen molar-refractivity contribution in [2.75, 3.05) is 26.2 Å². The number of nitrogens with one attached hydrogen (secondary N) is 1. The van der Waals surface area contributed by atoms with Crippen molar-refractivity contribution in [3.05, 3.63) is 33.9 Å². The third-order valence-electron chi connectivity index (χ3n) is 3.67. The Kier molecular flexibility index (Phi) is 5.11. The van der Waals surface area contributed by atoms with Gasteiger partial charge in [-0.3, -0.25) is 15.1 Å². The maximum absolute atomic E-state index is 10.9. The van der Waals surface area contributed by atoms with Crippen LogP contribution < -0.4 is 0 Å². The normalized spacial score (nSPS) is 11.8. The van der Waals surface area contributed by atoms with Crippen LogP contribution in [-0.4, -0.2) is 52.3 Å². The third kappa shape index (κ3) is 3.43. The molecule has 0 fully saturated rings. The highest BCUT2D eigenvalue weighted by Gasteiger charge is 2.13. The van der Waals surface area contributed by atoms with Gasteiger partial charge in [0.25, 0.3) is 5.69 Å². The van der Waals surface area contributed by atoms with Crippen LogP contribution in [0.25, 0.3) is 10.9 Å². The maximum Gasteiger partial charge on any atom is 0.270 e. The predicted octanol–water partition coefficient (Wildman–Crippen LogP) is 2.54. The van der Waals surface area contributed by atoms with Gasteiger partial charge in [-0.25, -0.2) is 0 Å². The first-order valence-electron chi connectivity index (χ1n) is 7.28. The molecule has 0 aliphatic carbocycles. The van der Waals surface area contributed by atoms with E-state index in [1.807, 2.05) is 0 Å². The molecule has 2 rings (SSSR count). The van der Waals surface area contributed by atoms with Gasteiger partial charge in [0.1, 0.15) is 0 Å².